The van der Waals surface area contributed by atoms with Crippen LogP contribution in [0.2, 0.25) is 0 Å². The van der Waals surface area contributed by atoms with Crippen LogP contribution in [0.15, 0.2) is 30.5 Å². The molecule has 6 heteroatoms. The number of aliphatic hydroxyl groups is 1. The third-order valence-corrected chi connectivity index (χ3v) is 8.47. The Hall–Kier alpha value is -0.690. The fourth-order valence-corrected chi connectivity index (χ4v) is 5.66. The molecule has 6 unspecified atom stereocenters. The van der Waals surface area contributed by atoms with Crippen molar-refractivity contribution in [1.82, 2.24) is 9.88 Å². The fraction of sp³-hybridized carbons (Fsp3) is 0.526. The lowest BCUT2D eigenvalue weighted by Crippen LogP contribution is -2.57. The van der Waals surface area contributed by atoms with E-state index in [2.05, 4.69) is 41.7 Å². The van der Waals surface area contributed by atoms with E-state index in [1.54, 1.807) is 24.4 Å². The van der Waals surface area contributed by atoms with Crippen molar-refractivity contribution in [3.63, 3.8) is 0 Å². The number of fused-ring (bicyclic) bond motifs is 4. The molecule has 1 aromatic carbocycles. The number of aromatic nitrogens is 1. The zero-order valence-electron chi connectivity index (χ0n) is 13.9. The van der Waals surface area contributed by atoms with E-state index in [9.17, 15) is 10.2 Å². The first-order valence-corrected chi connectivity index (χ1v) is 10.8. The molecule has 0 aliphatic carbocycles. The van der Waals surface area contributed by atoms with Gasteiger partial charge in [0.1, 0.15) is 5.75 Å². The molecule has 25 heavy (non-hydrogen) atoms. The summed E-state index contributed by atoms with van der Waals surface area (Å²) in [5.74, 6) is 1.49. The summed E-state index contributed by atoms with van der Waals surface area (Å²) in [6, 6.07) is 7.17. The minimum atomic E-state index is -0.561. The fourth-order valence-electron chi connectivity index (χ4n) is 4.58. The molecule has 5 rings (SSSR count). The number of rotatable bonds is 4. The minimum absolute atomic E-state index is 0.137. The normalized spacial score (nSPS) is 31.2. The highest BCUT2D eigenvalue weighted by Crippen LogP contribution is 2.44. The number of nitrogens with zero attached hydrogens (tertiary/aromatic N) is 2. The number of piperidine rings is 3. The molecule has 4 nitrogen and oxygen atoms in total. The van der Waals surface area contributed by atoms with Gasteiger partial charge in [-0.05, 0) is 61.1 Å². The second-order valence-corrected chi connectivity index (χ2v) is 9.05. The van der Waals surface area contributed by atoms with Crippen LogP contribution in [0.4, 0.5) is 0 Å². The summed E-state index contributed by atoms with van der Waals surface area (Å²) >= 11 is 7.40. The van der Waals surface area contributed by atoms with Gasteiger partial charge in [-0.2, -0.15) is 0 Å². The number of halogens is 2. The van der Waals surface area contributed by atoms with Crippen molar-refractivity contribution in [3.8, 4) is 5.75 Å². The summed E-state index contributed by atoms with van der Waals surface area (Å²) in [7, 11) is 0. The number of phenols is 1. The average Bonchev–Trinajstić information content (AvgIpc) is 2.66. The van der Waals surface area contributed by atoms with E-state index in [4.69, 9.17) is 0 Å². The zero-order chi connectivity index (χ0) is 17.6. The van der Waals surface area contributed by atoms with E-state index in [1.807, 2.05) is 6.07 Å². The lowest BCUT2D eigenvalue weighted by atomic mass is 9.72. The molecule has 2 N–H and O–H groups in total. The van der Waals surface area contributed by atoms with Gasteiger partial charge >= 0.3 is 0 Å². The predicted octanol–water partition coefficient (Wildman–Crippen LogP) is 3.84. The maximum atomic E-state index is 11.2. The first-order chi connectivity index (χ1) is 12.1. The molecule has 2 aromatic rings. The van der Waals surface area contributed by atoms with E-state index in [-0.39, 0.29) is 11.8 Å². The van der Waals surface area contributed by atoms with Crippen LogP contribution < -0.4 is 0 Å². The van der Waals surface area contributed by atoms with Crippen molar-refractivity contribution in [2.24, 2.45) is 11.8 Å². The van der Waals surface area contributed by atoms with E-state index >= 15 is 0 Å². The van der Waals surface area contributed by atoms with E-state index in [1.165, 1.54) is 6.42 Å². The Morgan fingerprint density at radius 3 is 2.88 bits per heavy atom. The number of benzene rings is 1. The van der Waals surface area contributed by atoms with Gasteiger partial charge in [-0.25, -0.2) is 0 Å². The van der Waals surface area contributed by atoms with Gasteiger partial charge in [0.2, 0.25) is 0 Å². The second kappa shape index (κ2) is 7.14. The van der Waals surface area contributed by atoms with Crippen LogP contribution in [-0.4, -0.2) is 49.4 Å². The Kier molecular flexibility index (Phi) is 5.06. The van der Waals surface area contributed by atoms with Gasteiger partial charge in [0.25, 0.3) is 0 Å². The summed E-state index contributed by atoms with van der Waals surface area (Å²) < 4.78 is 0. The van der Waals surface area contributed by atoms with Crippen LogP contribution in [0.1, 0.15) is 24.5 Å². The number of aromatic hydroxyl groups is 1. The minimum Gasteiger partial charge on any atom is -0.508 e. The Morgan fingerprint density at radius 2 is 2.16 bits per heavy atom. The monoisotopic (exact) mass is 468 g/mol. The molecule has 6 atom stereocenters. The van der Waals surface area contributed by atoms with E-state index in [0.717, 1.165) is 41.3 Å². The van der Waals surface area contributed by atoms with Gasteiger partial charge in [0.05, 0.1) is 11.6 Å². The highest BCUT2D eigenvalue weighted by atomic mass is 79.9. The van der Waals surface area contributed by atoms with Crippen molar-refractivity contribution in [2.75, 3.05) is 18.4 Å². The second-order valence-electron chi connectivity index (χ2n) is 7.23. The molecule has 3 aliphatic rings. The van der Waals surface area contributed by atoms with Crippen molar-refractivity contribution in [2.45, 2.75) is 29.8 Å². The Labute approximate surface area is 164 Å². The molecule has 4 heterocycles. The van der Waals surface area contributed by atoms with E-state index < -0.39 is 6.10 Å². The highest BCUT2D eigenvalue weighted by molar-refractivity contribution is 9.12. The van der Waals surface area contributed by atoms with Crippen LogP contribution in [0, 0.1) is 11.8 Å². The lowest BCUT2D eigenvalue weighted by molar-refractivity contribution is -0.0541. The largest absolute Gasteiger partial charge is 0.508 e. The standard InChI is InChI=1S/C19H22Br2N2O2/c20-9-16(21)15-10-23-6-4-11(15)7-18(23)19(25)13-3-5-22-17-2-1-12(24)8-14(13)17/h1-3,5,8,11,15-16,18-19,24-25H,4,6-7,9-10H2. The van der Waals surface area contributed by atoms with E-state index in [0.29, 0.717) is 16.7 Å². The van der Waals surface area contributed by atoms with Crippen molar-refractivity contribution in [1.29, 1.82) is 0 Å². The first kappa shape index (κ1) is 17.7. The summed E-state index contributed by atoms with van der Waals surface area (Å²) in [6.45, 7) is 2.08. The molecule has 0 radical (unpaired) electrons. The molecule has 1 aromatic heterocycles. The van der Waals surface area contributed by atoms with Gasteiger partial charge in [-0.15, -0.1) is 0 Å². The summed E-state index contributed by atoms with van der Waals surface area (Å²) in [5, 5.41) is 22.8. The van der Waals surface area contributed by atoms with Crippen LogP contribution in [-0.2, 0) is 0 Å². The maximum absolute atomic E-state index is 11.2. The Bertz CT molecular complexity index is 772. The van der Waals surface area contributed by atoms with Crippen LogP contribution in [0.5, 0.6) is 5.75 Å². The molecule has 3 aliphatic heterocycles. The van der Waals surface area contributed by atoms with Gasteiger partial charge in [0, 0.05) is 34.3 Å². The van der Waals surface area contributed by atoms with Crippen molar-refractivity contribution >= 4 is 42.8 Å². The summed E-state index contributed by atoms with van der Waals surface area (Å²) in [6.07, 6.45) is 3.41. The SMILES string of the molecule is Oc1ccc2nccc(C(O)C3CC4CCN3CC4C(Br)CBr)c2c1. The number of hydrogen-bond donors (Lipinski definition) is 2. The number of hydrogen-bond acceptors (Lipinski definition) is 4. The molecule has 0 spiro atoms. The quantitative estimate of drug-likeness (QED) is 0.668. The van der Waals surface area contributed by atoms with Gasteiger partial charge < -0.3 is 10.2 Å². The molecule has 3 fully saturated rings. The van der Waals surface area contributed by atoms with Gasteiger partial charge in [-0.1, -0.05) is 31.9 Å². The molecule has 0 amide bonds. The summed E-state index contributed by atoms with van der Waals surface area (Å²) in [4.78, 5) is 7.29. The molecule has 2 bridgehead atoms. The van der Waals surface area contributed by atoms with Crippen molar-refractivity contribution in [3.05, 3.63) is 36.0 Å². The van der Waals surface area contributed by atoms with Crippen molar-refractivity contribution < 1.29 is 10.2 Å². The highest BCUT2D eigenvalue weighted by Gasteiger charge is 2.45. The zero-order valence-corrected chi connectivity index (χ0v) is 17.0. The number of pyridine rings is 1. The summed E-state index contributed by atoms with van der Waals surface area (Å²) in [5.41, 5.74) is 1.67. The predicted molar refractivity (Wildman–Crippen MR) is 106 cm³/mol. The van der Waals surface area contributed by atoms with Crippen LogP contribution in [0.3, 0.4) is 0 Å². The lowest BCUT2D eigenvalue weighted by Gasteiger charge is -2.52. The number of alkyl halides is 2. The maximum Gasteiger partial charge on any atom is 0.116 e. The molecular formula is C19H22Br2N2O2. The molecule has 0 saturated carbocycles. The van der Waals surface area contributed by atoms with Gasteiger partial charge in [0.15, 0.2) is 0 Å². The number of phenolic OH excluding ortho intramolecular Hbond substituents is 1. The average molecular weight is 470 g/mol. The van der Waals surface area contributed by atoms with Crippen LogP contribution in [0.25, 0.3) is 10.9 Å². The van der Waals surface area contributed by atoms with Crippen LogP contribution >= 0.6 is 31.9 Å². The topological polar surface area (TPSA) is 56.6 Å². The molecule has 134 valence electrons. The third-order valence-electron chi connectivity index (χ3n) is 5.91. The Morgan fingerprint density at radius 1 is 1.32 bits per heavy atom. The third kappa shape index (κ3) is 3.22. The molecule has 3 saturated heterocycles. The Balaban J connectivity index is 1.63. The smallest absolute Gasteiger partial charge is 0.116 e. The molecular weight excluding hydrogens is 448 g/mol. The first-order valence-electron chi connectivity index (χ1n) is 8.78. The number of aliphatic hydroxyl groups excluding tert-OH is 1. The van der Waals surface area contributed by atoms with Gasteiger partial charge in [-0.3, -0.25) is 9.88 Å².